The van der Waals surface area contributed by atoms with Crippen molar-refractivity contribution >= 4 is 49.3 Å². The third-order valence-electron chi connectivity index (χ3n) is 3.96. The van der Waals surface area contributed by atoms with Crippen LogP contribution in [0.5, 0.6) is 5.75 Å². The summed E-state index contributed by atoms with van der Waals surface area (Å²) in [6.07, 6.45) is 1.96. The molecule has 3 aromatic rings. The molecule has 0 aliphatic carbocycles. The van der Waals surface area contributed by atoms with Gasteiger partial charge in [0.25, 0.3) is 10.0 Å². The van der Waals surface area contributed by atoms with Crippen LogP contribution in [-0.4, -0.2) is 39.4 Å². The van der Waals surface area contributed by atoms with Gasteiger partial charge in [-0.15, -0.1) is 16.2 Å². The Bertz CT molecular complexity index is 1180. The Balaban J connectivity index is 2.18. The molecule has 0 N–H and O–H groups in total. The Hall–Kier alpha value is -2.30. The van der Waals surface area contributed by atoms with Crippen molar-refractivity contribution in [3.8, 4) is 5.75 Å². The Kier molecular flexibility index (Phi) is 6.11. The second-order valence-electron chi connectivity index (χ2n) is 5.62. The first-order valence-corrected chi connectivity index (χ1v) is 11.6. The molecular formula is C18H18N2O5S3. The lowest BCUT2D eigenvalue weighted by Gasteiger charge is -2.05. The van der Waals surface area contributed by atoms with Crippen LogP contribution < -0.4 is 9.54 Å². The summed E-state index contributed by atoms with van der Waals surface area (Å²) >= 11 is 2.78. The molecule has 10 heteroatoms. The molecule has 0 amide bonds. The quantitative estimate of drug-likeness (QED) is 0.434. The van der Waals surface area contributed by atoms with E-state index in [2.05, 4.69) is 4.40 Å². The zero-order valence-electron chi connectivity index (χ0n) is 15.4. The fourth-order valence-corrected chi connectivity index (χ4v) is 5.29. The maximum atomic E-state index is 12.8. The molecule has 0 bridgehead atoms. The number of rotatable bonds is 6. The second-order valence-corrected chi connectivity index (χ2v) is 9.12. The predicted octanol–water partition coefficient (Wildman–Crippen LogP) is 2.90. The molecule has 0 saturated carbocycles. The highest BCUT2D eigenvalue weighted by Gasteiger charge is 2.16. The largest absolute Gasteiger partial charge is 0.497 e. The first-order chi connectivity index (χ1) is 13.4. The van der Waals surface area contributed by atoms with Gasteiger partial charge < -0.3 is 14.0 Å². The number of nitrogens with zero attached hydrogens (tertiary/aromatic N) is 2. The van der Waals surface area contributed by atoms with E-state index in [1.54, 1.807) is 28.5 Å². The lowest BCUT2D eigenvalue weighted by atomic mass is 10.3. The fourth-order valence-electron chi connectivity index (χ4n) is 2.50. The maximum absolute atomic E-state index is 12.8. The van der Waals surface area contributed by atoms with Gasteiger partial charge in [-0.1, -0.05) is 11.3 Å². The number of hydrogen-bond donors (Lipinski definition) is 0. The first-order valence-electron chi connectivity index (χ1n) is 8.07. The molecule has 0 radical (unpaired) electrons. The number of thioether (sulfide) groups is 1. The summed E-state index contributed by atoms with van der Waals surface area (Å²) in [5.41, 5.74) is 0.719. The number of fused-ring (bicyclic) bond motifs is 1. The molecule has 148 valence electrons. The molecule has 0 saturated heterocycles. The molecule has 1 heterocycles. The number of aromatic nitrogens is 1. The van der Waals surface area contributed by atoms with Crippen molar-refractivity contribution in [2.75, 3.05) is 20.5 Å². The van der Waals surface area contributed by atoms with Crippen LogP contribution >= 0.6 is 23.1 Å². The second kappa shape index (κ2) is 8.38. The van der Waals surface area contributed by atoms with Crippen LogP contribution in [0.3, 0.4) is 0 Å². The average Bonchev–Trinajstić information content (AvgIpc) is 3.03. The molecular weight excluding hydrogens is 420 g/mol. The van der Waals surface area contributed by atoms with E-state index in [1.165, 1.54) is 37.7 Å². The van der Waals surface area contributed by atoms with Crippen molar-refractivity contribution in [2.24, 2.45) is 4.40 Å². The number of sulfonamides is 1. The lowest BCUT2D eigenvalue weighted by Crippen LogP contribution is -2.22. The molecule has 0 unspecified atom stereocenters. The highest BCUT2D eigenvalue weighted by molar-refractivity contribution is 7.98. The molecule has 0 spiro atoms. The van der Waals surface area contributed by atoms with Crippen LogP contribution in [0.25, 0.3) is 10.2 Å². The van der Waals surface area contributed by atoms with Gasteiger partial charge >= 0.3 is 5.97 Å². The van der Waals surface area contributed by atoms with Crippen LogP contribution in [0, 0.1) is 0 Å². The topological polar surface area (TPSA) is 87.0 Å². The zero-order chi connectivity index (χ0) is 20.3. The van der Waals surface area contributed by atoms with Gasteiger partial charge in [-0.25, -0.2) is 0 Å². The van der Waals surface area contributed by atoms with Gasteiger partial charge in [0.2, 0.25) is 4.80 Å². The van der Waals surface area contributed by atoms with Gasteiger partial charge in [-0.3, -0.25) is 4.79 Å². The minimum Gasteiger partial charge on any atom is -0.497 e. The zero-order valence-corrected chi connectivity index (χ0v) is 17.9. The summed E-state index contributed by atoms with van der Waals surface area (Å²) in [6.45, 7) is -0.133. The average molecular weight is 439 g/mol. The highest BCUT2D eigenvalue weighted by Crippen LogP contribution is 2.25. The van der Waals surface area contributed by atoms with Gasteiger partial charge in [-0.2, -0.15) is 8.42 Å². The van der Waals surface area contributed by atoms with Gasteiger partial charge in [0.05, 0.1) is 29.3 Å². The number of carbonyl (C=O) groups is 1. The molecule has 0 aliphatic heterocycles. The third-order valence-corrected chi connectivity index (χ3v) is 7.12. The molecule has 1 aromatic heterocycles. The number of thiazole rings is 1. The van der Waals surface area contributed by atoms with Crippen molar-refractivity contribution in [3.05, 3.63) is 47.3 Å². The summed E-state index contributed by atoms with van der Waals surface area (Å²) in [5, 5.41) is 0. The van der Waals surface area contributed by atoms with E-state index in [4.69, 9.17) is 9.47 Å². The number of hydrogen-bond acceptors (Lipinski definition) is 7. The number of ether oxygens (including phenoxy) is 2. The number of carbonyl (C=O) groups excluding carboxylic acids is 1. The summed E-state index contributed by atoms with van der Waals surface area (Å²) in [6, 6.07) is 11.7. The molecule has 7 nitrogen and oxygen atoms in total. The lowest BCUT2D eigenvalue weighted by molar-refractivity contribution is -0.141. The predicted molar refractivity (Wildman–Crippen MR) is 109 cm³/mol. The molecule has 0 aliphatic rings. The van der Waals surface area contributed by atoms with Gasteiger partial charge in [-0.05, 0) is 48.7 Å². The fraction of sp³-hybridized carbons (Fsp3) is 0.222. The summed E-state index contributed by atoms with van der Waals surface area (Å²) in [7, 11) is -1.18. The molecule has 2 aromatic carbocycles. The van der Waals surface area contributed by atoms with Crippen LogP contribution in [0.4, 0.5) is 0 Å². The van der Waals surface area contributed by atoms with E-state index >= 15 is 0 Å². The number of esters is 1. The Labute approximate surface area is 170 Å². The number of methoxy groups -OCH3 is 2. The van der Waals surface area contributed by atoms with Crippen molar-refractivity contribution in [1.82, 2.24) is 4.57 Å². The Morgan fingerprint density at radius 1 is 1.18 bits per heavy atom. The van der Waals surface area contributed by atoms with Crippen molar-refractivity contribution in [1.29, 1.82) is 0 Å². The van der Waals surface area contributed by atoms with E-state index < -0.39 is 16.0 Å². The van der Waals surface area contributed by atoms with Gasteiger partial charge in [0.15, 0.2) is 0 Å². The van der Waals surface area contributed by atoms with E-state index in [9.17, 15) is 13.2 Å². The van der Waals surface area contributed by atoms with Crippen molar-refractivity contribution in [3.63, 3.8) is 0 Å². The normalized spacial score (nSPS) is 12.3. The minimum atomic E-state index is -3.96. The first kappa shape index (κ1) is 20.4. The van der Waals surface area contributed by atoms with Gasteiger partial charge in [0.1, 0.15) is 12.3 Å². The third kappa shape index (κ3) is 4.23. The molecule has 0 atom stereocenters. The monoisotopic (exact) mass is 438 g/mol. The maximum Gasteiger partial charge on any atom is 0.325 e. The van der Waals surface area contributed by atoms with Crippen LogP contribution in [0.1, 0.15) is 0 Å². The summed E-state index contributed by atoms with van der Waals surface area (Å²) < 4.78 is 41.7. The van der Waals surface area contributed by atoms with Crippen LogP contribution in [0.15, 0.2) is 56.7 Å². The van der Waals surface area contributed by atoms with E-state index in [-0.39, 0.29) is 16.2 Å². The minimum absolute atomic E-state index is 0.0418. The van der Waals surface area contributed by atoms with E-state index in [1.807, 2.05) is 24.5 Å². The molecule has 3 rings (SSSR count). The van der Waals surface area contributed by atoms with E-state index in [0.717, 1.165) is 15.1 Å². The van der Waals surface area contributed by atoms with Crippen molar-refractivity contribution < 1.29 is 22.7 Å². The van der Waals surface area contributed by atoms with Crippen LogP contribution in [0.2, 0.25) is 0 Å². The highest BCUT2D eigenvalue weighted by atomic mass is 32.2. The van der Waals surface area contributed by atoms with Crippen molar-refractivity contribution in [2.45, 2.75) is 16.3 Å². The Morgan fingerprint density at radius 2 is 1.89 bits per heavy atom. The SMILES string of the molecule is COC(=O)Cn1c(=NS(=O)(=O)c2ccc(OC)cc2)sc2cc(SC)ccc21. The van der Waals surface area contributed by atoms with Gasteiger partial charge in [0, 0.05) is 4.90 Å². The summed E-state index contributed by atoms with van der Waals surface area (Å²) in [4.78, 5) is 13.1. The summed E-state index contributed by atoms with van der Waals surface area (Å²) in [5.74, 6) is 0.0584. The van der Waals surface area contributed by atoms with E-state index in [0.29, 0.717) is 5.75 Å². The Morgan fingerprint density at radius 3 is 2.50 bits per heavy atom. The standard InChI is InChI=1S/C18H18N2O5S3/c1-24-12-4-7-14(8-5-12)28(22,23)19-18-20(11-17(21)25-2)15-9-6-13(26-3)10-16(15)27-18/h4-10H,11H2,1-3H3. The molecule has 28 heavy (non-hydrogen) atoms. The smallest absolute Gasteiger partial charge is 0.325 e. The number of benzene rings is 2. The van der Waals surface area contributed by atoms with Crippen LogP contribution in [-0.2, 0) is 26.1 Å². The molecule has 0 fully saturated rings.